The van der Waals surface area contributed by atoms with Crippen molar-refractivity contribution in [2.24, 2.45) is 4.40 Å². The molecule has 0 saturated heterocycles. The zero-order valence-electron chi connectivity index (χ0n) is 16.1. The molecular weight excluding hydrogens is 424 g/mol. The smallest absolute Gasteiger partial charge is 0.283 e. The summed E-state index contributed by atoms with van der Waals surface area (Å²) in [4.78, 5) is 10.3. The number of hydrogen-bond donors (Lipinski definition) is 2. The van der Waals surface area contributed by atoms with Gasteiger partial charge in [-0.3, -0.25) is 0 Å². The van der Waals surface area contributed by atoms with E-state index in [9.17, 15) is 8.42 Å². The Bertz CT molecular complexity index is 1310. The van der Waals surface area contributed by atoms with E-state index in [1.165, 1.54) is 34.5 Å². The largest absolute Gasteiger partial charge is 0.368 e. The highest BCUT2D eigenvalue weighted by atomic mass is 32.2. The van der Waals surface area contributed by atoms with E-state index in [0.29, 0.717) is 10.8 Å². The molecule has 2 aromatic carbocycles. The van der Waals surface area contributed by atoms with Gasteiger partial charge in [0.2, 0.25) is 17.0 Å². The molecule has 10 nitrogen and oxygen atoms in total. The predicted octanol–water partition coefficient (Wildman–Crippen LogP) is 2.48. The lowest BCUT2D eigenvalue weighted by Crippen LogP contribution is -2.10. The van der Waals surface area contributed by atoms with E-state index in [0.717, 1.165) is 10.2 Å². The van der Waals surface area contributed by atoms with Crippen LogP contribution in [0.1, 0.15) is 0 Å². The van der Waals surface area contributed by atoms with E-state index in [2.05, 4.69) is 24.8 Å². The number of hydrogen-bond acceptors (Lipinski definition) is 8. The Balaban J connectivity index is 1.61. The second-order valence-corrected chi connectivity index (χ2v) is 9.12. The number of benzene rings is 2. The fourth-order valence-electron chi connectivity index (χ4n) is 2.55. The predicted molar refractivity (Wildman–Crippen MR) is 118 cm³/mol. The van der Waals surface area contributed by atoms with Gasteiger partial charge in [0.25, 0.3) is 10.0 Å². The summed E-state index contributed by atoms with van der Waals surface area (Å²) in [5.41, 5.74) is 7.34. The van der Waals surface area contributed by atoms with Gasteiger partial charge in [0.15, 0.2) is 0 Å². The van der Waals surface area contributed by atoms with Gasteiger partial charge >= 0.3 is 0 Å². The fourth-order valence-corrected chi connectivity index (χ4v) is 4.44. The minimum absolute atomic E-state index is 0.0455. The average molecular weight is 443 g/mol. The molecular formula is C18H18N8O2S2. The molecule has 0 fully saturated rings. The van der Waals surface area contributed by atoms with Crippen LogP contribution in [-0.4, -0.2) is 53.5 Å². The Labute approximate surface area is 176 Å². The molecule has 0 radical (unpaired) electrons. The highest BCUT2D eigenvalue weighted by Crippen LogP contribution is 2.26. The van der Waals surface area contributed by atoms with E-state index >= 15 is 0 Å². The number of para-hydroxylation sites is 1. The third kappa shape index (κ3) is 4.09. The number of anilines is 3. The van der Waals surface area contributed by atoms with Crippen LogP contribution < -0.4 is 11.1 Å². The van der Waals surface area contributed by atoms with Crippen LogP contribution in [0.15, 0.2) is 57.8 Å². The van der Waals surface area contributed by atoms with Gasteiger partial charge in [-0.15, -0.1) is 9.50 Å². The lowest BCUT2D eigenvalue weighted by molar-refractivity contribution is 0.595. The molecule has 0 aliphatic carbocycles. The van der Waals surface area contributed by atoms with Gasteiger partial charge in [-0.1, -0.05) is 29.5 Å². The van der Waals surface area contributed by atoms with Gasteiger partial charge in [0.05, 0.1) is 15.1 Å². The molecule has 0 atom stereocenters. The van der Waals surface area contributed by atoms with Crippen LogP contribution in [0.4, 0.5) is 17.6 Å². The van der Waals surface area contributed by atoms with Crippen molar-refractivity contribution in [2.45, 2.75) is 4.90 Å². The van der Waals surface area contributed by atoms with E-state index in [-0.39, 0.29) is 16.8 Å². The van der Waals surface area contributed by atoms with Crippen molar-refractivity contribution in [3.8, 4) is 5.13 Å². The van der Waals surface area contributed by atoms with Crippen LogP contribution in [0.5, 0.6) is 0 Å². The first kappa shape index (κ1) is 19.8. The molecule has 2 aromatic heterocycles. The number of nitrogens with two attached hydrogens (primary N) is 1. The number of thiazole rings is 1. The fraction of sp³-hybridized carbons (Fsp3) is 0.111. The number of fused-ring (bicyclic) bond motifs is 1. The average Bonchev–Trinajstić information content (AvgIpc) is 3.29. The topological polar surface area (TPSA) is 131 Å². The van der Waals surface area contributed by atoms with Crippen molar-refractivity contribution >= 4 is 55.5 Å². The van der Waals surface area contributed by atoms with Crippen LogP contribution in [0.25, 0.3) is 15.3 Å². The summed E-state index contributed by atoms with van der Waals surface area (Å²) in [7, 11) is -0.444. The Morgan fingerprint density at radius 3 is 2.73 bits per heavy atom. The van der Waals surface area contributed by atoms with Crippen LogP contribution >= 0.6 is 11.3 Å². The van der Waals surface area contributed by atoms with Crippen molar-refractivity contribution in [3.63, 3.8) is 0 Å². The SMILES string of the molecule is CN(C)/C=N/S(=O)(=O)c1cccc(Nc2nc(N)n(-c3nc4ccccc4s3)n2)c1. The highest BCUT2D eigenvalue weighted by Gasteiger charge is 2.15. The summed E-state index contributed by atoms with van der Waals surface area (Å²) in [5.74, 6) is 0.383. The van der Waals surface area contributed by atoms with Crippen molar-refractivity contribution in [3.05, 3.63) is 48.5 Å². The highest BCUT2D eigenvalue weighted by molar-refractivity contribution is 7.90. The number of nitrogens with one attached hydrogen (secondary N) is 1. The van der Waals surface area contributed by atoms with Crippen LogP contribution in [0, 0.1) is 0 Å². The molecule has 2 heterocycles. The standard InChI is InChI=1S/C18H18N8O2S2/c1-25(2)11-20-30(27,28)13-7-5-6-12(10-13)21-17-23-16(19)26(24-17)18-22-14-8-3-4-9-15(14)29-18/h3-11H,1-2H3,(H3,19,21,23,24)/b20-11+. The van der Waals surface area contributed by atoms with E-state index in [4.69, 9.17) is 5.73 Å². The number of rotatable bonds is 6. The Kier molecular flexibility index (Phi) is 5.10. The summed E-state index contributed by atoms with van der Waals surface area (Å²) in [6.07, 6.45) is 1.23. The van der Waals surface area contributed by atoms with Crippen LogP contribution in [0.2, 0.25) is 0 Å². The molecule has 0 spiro atoms. The monoisotopic (exact) mass is 442 g/mol. The van der Waals surface area contributed by atoms with Crippen LogP contribution in [0.3, 0.4) is 0 Å². The third-order valence-electron chi connectivity index (χ3n) is 3.90. The molecule has 12 heteroatoms. The number of nitrogens with zero attached hydrogens (tertiary/aromatic N) is 6. The molecule has 0 amide bonds. The number of nitrogen functional groups attached to an aromatic ring is 1. The van der Waals surface area contributed by atoms with Gasteiger partial charge in [0.1, 0.15) is 6.34 Å². The summed E-state index contributed by atoms with van der Waals surface area (Å²) in [6.45, 7) is 0. The van der Waals surface area contributed by atoms with Crippen LogP contribution in [-0.2, 0) is 10.0 Å². The van der Waals surface area contributed by atoms with Crippen molar-refractivity contribution in [1.29, 1.82) is 0 Å². The minimum atomic E-state index is -3.82. The number of aromatic nitrogens is 4. The van der Waals surface area contributed by atoms with E-state index in [1.54, 1.807) is 31.1 Å². The number of sulfonamides is 1. The molecule has 154 valence electrons. The van der Waals surface area contributed by atoms with E-state index < -0.39 is 10.0 Å². The Hall–Kier alpha value is -3.51. The Morgan fingerprint density at radius 2 is 1.97 bits per heavy atom. The normalized spacial score (nSPS) is 11.9. The molecule has 3 N–H and O–H groups in total. The van der Waals surface area contributed by atoms with Gasteiger partial charge in [-0.2, -0.15) is 18.1 Å². The van der Waals surface area contributed by atoms with Crippen molar-refractivity contribution in [1.82, 2.24) is 24.6 Å². The second kappa shape index (κ2) is 7.72. The maximum atomic E-state index is 12.4. The lowest BCUT2D eigenvalue weighted by atomic mass is 10.3. The van der Waals surface area contributed by atoms with Gasteiger partial charge in [-0.05, 0) is 30.3 Å². The molecule has 0 unspecified atom stereocenters. The summed E-state index contributed by atoms with van der Waals surface area (Å²) in [5, 5.41) is 7.91. The summed E-state index contributed by atoms with van der Waals surface area (Å²) in [6, 6.07) is 13.9. The second-order valence-electron chi connectivity index (χ2n) is 6.48. The minimum Gasteiger partial charge on any atom is -0.368 e. The zero-order chi connectivity index (χ0) is 21.3. The van der Waals surface area contributed by atoms with Crippen molar-refractivity contribution in [2.75, 3.05) is 25.1 Å². The first-order valence-corrected chi connectivity index (χ1v) is 11.0. The maximum Gasteiger partial charge on any atom is 0.283 e. The lowest BCUT2D eigenvalue weighted by Gasteiger charge is -2.05. The molecule has 0 bridgehead atoms. The first-order chi connectivity index (χ1) is 14.3. The molecule has 30 heavy (non-hydrogen) atoms. The van der Waals surface area contributed by atoms with Crippen molar-refractivity contribution < 1.29 is 8.42 Å². The molecule has 0 aliphatic heterocycles. The third-order valence-corrected chi connectivity index (χ3v) is 6.13. The quantitative estimate of drug-likeness (QED) is 0.344. The first-order valence-electron chi connectivity index (χ1n) is 8.74. The zero-order valence-corrected chi connectivity index (χ0v) is 17.7. The van der Waals surface area contributed by atoms with E-state index in [1.807, 2.05) is 24.3 Å². The molecule has 0 aliphatic rings. The molecule has 4 rings (SSSR count). The Morgan fingerprint density at radius 1 is 1.17 bits per heavy atom. The molecule has 0 saturated carbocycles. The van der Waals surface area contributed by atoms with Gasteiger partial charge in [-0.25, -0.2) is 4.98 Å². The summed E-state index contributed by atoms with van der Waals surface area (Å²) < 4.78 is 30.8. The van der Waals surface area contributed by atoms with Gasteiger partial charge in [0, 0.05) is 19.8 Å². The molecule has 4 aromatic rings. The van der Waals surface area contributed by atoms with Gasteiger partial charge < -0.3 is 16.0 Å². The maximum absolute atomic E-state index is 12.4. The summed E-state index contributed by atoms with van der Waals surface area (Å²) >= 11 is 1.44.